The number of anilines is 1. The highest BCUT2D eigenvalue weighted by molar-refractivity contribution is 7.85. The molecule has 21 heavy (non-hydrogen) atoms. The summed E-state index contributed by atoms with van der Waals surface area (Å²) in [5.74, 6) is 0.509. The van der Waals surface area contributed by atoms with Crippen molar-refractivity contribution in [1.29, 1.82) is 0 Å². The van der Waals surface area contributed by atoms with Gasteiger partial charge in [-0.05, 0) is 24.1 Å². The van der Waals surface area contributed by atoms with Crippen LogP contribution in [0.5, 0.6) is 0 Å². The van der Waals surface area contributed by atoms with Gasteiger partial charge in [-0.3, -0.25) is 13.8 Å². The normalized spacial score (nSPS) is 16.0. The third-order valence-electron chi connectivity index (χ3n) is 3.43. The number of rotatable bonds is 6. The van der Waals surface area contributed by atoms with Gasteiger partial charge in [-0.15, -0.1) is 0 Å². The van der Waals surface area contributed by atoms with Crippen molar-refractivity contribution < 1.29 is 13.8 Å². The highest BCUT2D eigenvalue weighted by Crippen LogP contribution is 2.21. The van der Waals surface area contributed by atoms with Crippen LogP contribution in [0.15, 0.2) is 24.3 Å². The summed E-state index contributed by atoms with van der Waals surface area (Å²) in [4.78, 5) is 25.0. The zero-order valence-electron chi connectivity index (χ0n) is 12.1. The molecule has 2 amide bonds. The van der Waals surface area contributed by atoms with Crippen molar-refractivity contribution in [1.82, 2.24) is 5.32 Å². The number of carbonyl (C=O) groups excluding carboxylic acids is 2. The molecule has 2 rings (SSSR count). The fraction of sp³-hybridized carbons (Fsp3) is 0.467. The van der Waals surface area contributed by atoms with Gasteiger partial charge in [0.15, 0.2) is 0 Å². The molecule has 1 fully saturated rings. The third-order valence-corrected chi connectivity index (χ3v) is 4.65. The van der Waals surface area contributed by atoms with Gasteiger partial charge < -0.3 is 10.2 Å². The fourth-order valence-electron chi connectivity index (χ4n) is 2.21. The van der Waals surface area contributed by atoms with Crippen molar-refractivity contribution >= 4 is 28.3 Å². The number of hydrogen-bond donors (Lipinski definition) is 1. The van der Waals surface area contributed by atoms with Crippen LogP contribution in [0.3, 0.4) is 0 Å². The summed E-state index contributed by atoms with van der Waals surface area (Å²) in [7, 11) is -1.08. The average Bonchev–Trinajstić information content (AvgIpc) is 2.91. The molecule has 1 unspecified atom stereocenters. The molecule has 1 aliphatic rings. The number of carbonyl (C=O) groups is 2. The lowest BCUT2D eigenvalue weighted by Gasteiger charge is -2.16. The highest BCUT2D eigenvalue weighted by Gasteiger charge is 2.21. The molecule has 114 valence electrons. The molecule has 0 bridgehead atoms. The summed E-state index contributed by atoms with van der Waals surface area (Å²) in [6.45, 7) is 2.98. The maximum absolute atomic E-state index is 11.6. The Morgan fingerprint density at radius 2 is 2.05 bits per heavy atom. The van der Waals surface area contributed by atoms with E-state index in [0.29, 0.717) is 18.7 Å². The molecule has 1 aromatic carbocycles. The largest absolute Gasteiger partial charge is 0.351 e. The second-order valence-corrected chi connectivity index (χ2v) is 6.71. The van der Waals surface area contributed by atoms with E-state index in [1.807, 2.05) is 24.3 Å². The average molecular weight is 308 g/mol. The number of nitrogens with zero attached hydrogens (tertiary/aromatic N) is 1. The van der Waals surface area contributed by atoms with Crippen molar-refractivity contribution in [3.05, 3.63) is 29.8 Å². The van der Waals surface area contributed by atoms with Crippen molar-refractivity contribution in [2.24, 2.45) is 0 Å². The third kappa shape index (κ3) is 4.39. The lowest BCUT2D eigenvalue weighted by molar-refractivity contribution is -0.119. The quantitative estimate of drug-likeness (QED) is 0.858. The van der Waals surface area contributed by atoms with E-state index in [4.69, 9.17) is 0 Å². The van der Waals surface area contributed by atoms with Gasteiger partial charge in [0.25, 0.3) is 0 Å². The summed E-state index contributed by atoms with van der Waals surface area (Å²) >= 11 is 0. The van der Waals surface area contributed by atoms with E-state index in [0.717, 1.165) is 24.2 Å². The predicted molar refractivity (Wildman–Crippen MR) is 83.4 cm³/mol. The Hall–Kier alpha value is -1.69. The van der Waals surface area contributed by atoms with E-state index >= 15 is 0 Å². The van der Waals surface area contributed by atoms with Crippen molar-refractivity contribution in [2.45, 2.75) is 26.3 Å². The number of amides is 2. The predicted octanol–water partition coefficient (Wildman–Crippen LogP) is 1.20. The summed E-state index contributed by atoms with van der Waals surface area (Å²) in [5.41, 5.74) is 1.86. The van der Waals surface area contributed by atoms with Gasteiger partial charge in [0.05, 0.1) is 0 Å². The molecule has 1 N–H and O–H groups in total. The summed E-state index contributed by atoms with van der Waals surface area (Å²) in [6, 6.07) is 7.60. The number of benzene rings is 1. The molecule has 0 radical (unpaired) electrons. The first-order valence-electron chi connectivity index (χ1n) is 7.11. The van der Waals surface area contributed by atoms with E-state index in [1.165, 1.54) is 0 Å². The van der Waals surface area contributed by atoms with Crippen LogP contribution >= 0.6 is 0 Å². The van der Waals surface area contributed by atoms with Crippen LogP contribution in [0.1, 0.15) is 25.3 Å². The second-order valence-electron chi connectivity index (χ2n) is 4.96. The molecule has 1 saturated heterocycles. The molecular weight excluding hydrogens is 288 g/mol. The van der Waals surface area contributed by atoms with Crippen LogP contribution in [-0.2, 0) is 26.9 Å². The molecule has 5 nitrogen and oxygen atoms in total. The first-order chi connectivity index (χ1) is 10.1. The maximum atomic E-state index is 11.6. The van der Waals surface area contributed by atoms with Gasteiger partial charge in [-0.1, -0.05) is 19.1 Å². The van der Waals surface area contributed by atoms with Crippen molar-refractivity contribution in [3.8, 4) is 0 Å². The molecule has 1 heterocycles. The van der Waals surface area contributed by atoms with Crippen LogP contribution in [0.4, 0.5) is 5.69 Å². The standard InChI is InChI=1S/C15H20N2O3S/c1-2-21(20)11-14(18)16-10-12-5-7-13(8-6-12)17-9-3-4-15(17)19/h5-8H,2-4,9-11H2,1H3,(H,16,18). The fourth-order valence-corrected chi connectivity index (χ4v) is 2.81. The van der Waals surface area contributed by atoms with E-state index < -0.39 is 10.8 Å². The van der Waals surface area contributed by atoms with Crippen LogP contribution < -0.4 is 10.2 Å². The molecule has 1 atom stereocenters. The highest BCUT2D eigenvalue weighted by atomic mass is 32.2. The topological polar surface area (TPSA) is 66.5 Å². The number of nitrogens with one attached hydrogen (secondary N) is 1. The lowest BCUT2D eigenvalue weighted by Crippen LogP contribution is -2.28. The maximum Gasteiger partial charge on any atom is 0.232 e. The Kier molecular flexibility index (Phi) is 5.50. The van der Waals surface area contributed by atoms with Gasteiger partial charge in [0.1, 0.15) is 5.75 Å². The zero-order valence-corrected chi connectivity index (χ0v) is 12.9. The van der Waals surface area contributed by atoms with E-state index in [-0.39, 0.29) is 17.6 Å². The second kappa shape index (κ2) is 7.36. The summed E-state index contributed by atoms with van der Waals surface area (Å²) < 4.78 is 11.3. The van der Waals surface area contributed by atoms with Crippen LogP contribution in [0.2, 0.25) is 0 Å². The first-order valence-corrected chi connectivity index (χ1v) is 8.60. The molecule has 0 saturated carbocycles. The first kappa shape index (κ1) is 15.7. The summed E-state index contributed by atoms with van der Waals surface area (Å²) in [6.07, 6.45) is 1.53. The van der Waals surface area contributed by atoms with E-state index in [1.54, 1.807) is 11.8 Å². The Labute approximate surface area is 127 Å². The van der Waals surface area contributed by atoms with Gasteiger partial charge in [-0.25, -0.2) is 0 Å². The molecule has 0 aromatic heterocycles. The minimum Gasteiger partial charge on any atom is -0.351 e. The lowest BCUT2D eigenvalue weighted by atomic mass is 10.2. The number of hydrogen-bond acceptors (Lipinski definition) is 3. The van der Waals surface area contributed by atoms with Gasteiger partial charge >= 0.3 is 0 Å². The Balaban J connectivity index is 1.86. The van der Waals surface area contributed by atoms with E-state index in [9.17, 15) is 13.8 Å². The van der Waals surface area contributed by atoms with Crippen molar-refractivity contribution in [3.63, 3.8) is 0 Å². The minimum absolute atomic E-state index is 0.0524. The SMILES string of the molecule is CCS(=O)CC(=O)NCc1ccc(N2CCCC2=O)cc1. The Morgan fingerprint density at radius 1 is 1.33 bits per heavy atom. The molecule has 1 aliphatic heterocycles. The van der Waals surface area contributed by atoms with Crippen LogP contribution in [0.25, 0.3) is 0 Å². The molecule has 0 aliphatic carbocycles. The monoisotopic (exact) mass is 308 g/mol. The van der Waals surface area contributed by atoms with E-state index in [2.05, 4.69) is 5.32 Å². The summed E-state index contributed by atoms with van der Waals surface area (Å²) in [5, 5.41) is 2.75. The zero-order chi connectivity index (χ0) is 15.2. The van der Waals surface area contributed by atoms with Gasteiger partial charge in [0.2, 0.25) is 11.8 Å². The van der Waals surface area contributed by atoms with Gasteiger partial charge in [0, 0.05) is 41.8 Å². The Morgan fingerprint density at radius 3 is 2.62 bits per heavy atom. The molecule has 0 spiro atoms. The molecule has 6 heteroatoms. The smallest absolute Gasteiger partial charge is 0.232 e. The van der Waals surface area contributed by atoms with Crippen LogP contribution in [-0.4, -0.2) is 34.1 Å². The minimum atomic E-state index is -1.08. The Bertz CT molecular complexity index is 542. The van der Waals surface area contributed by atoms with Crippen molar-refractivity contribution in [2.75, 3.05) is 23.0 Å². The van der Waals surface area contributed by atoms with Gasteiger partial charge in [-0.2, -0.15) is 0 Å². The molecule has 1 aromatic rings. The van der Waals surface area contributed by atoms with Crippen LogP contribution in [0, 0.1) is 0 Å². The molecular formula is C15H20N2O3S.